The summed E-state index contributed by atoms with van der Waals surface area (Å²) in [7, 11) is 0. The fraction of sp³-hybridized carbons (Fsp3) is 0.444. The van der Waals surface area contributed by atoms with Gasteiger partial charge in [0.25, 0.3) is 5.91 Å². The van der Waals surface area contributed by atoms with Gasteiger partial charge in [0.15, 0.2) is 0 Å². The molecular formula is C27H29F3N4O2. The highest BCUT2D eigenvalue weighted by molar-refractivity contribution is 5.96. The van der Waals surface area contributed by atoms with Crippen molar-refractivity contribution in [2.45, 2.75) is 56.3 Å². The van der Waals surface area contributed by atoms with Crippen molar-refractivity contribution in [1.82, 2.24) is 15.5 Å². The van der Waals surface area contributed by atoms with E-state index in [1.54, 1.807) is 0 Å². The Morgan fingerprint density at radius 1 is 1.03 bits per heavy atom. The quantitative estimate of drug-likeness (QED) is 0.604. The summed E-state index contributed by atoms with van der Waals surface area (Å²) in [5.74, 6) is -0.541. The highest BCUT2D eigenvalue weighted by atomic mass is 19.4. The van der Waals surface area contributed by atoms with Crippen LogP contribution >= 0.6 is 0 Å². The summed E-state index contributed by atoms with van der Waals surface area (Å²) in [5.41, 5.74) is 1.33. The zero-order valence-electron chi connectivity index (χ0n) is 19.9. The number of halogens is 3. The van der Waals surface area contributed by atoms with E-state index in [2.05, 4.69) is 33.7 Å². The Morgan fingerprint density at radius 2 is 1.72 bits per heavy atom. The van der Waals surface area contributed by atoms with Crippen LogP contribution < -0.4 is 10.6 Å². The smallest absolute Gasteiger partial charge is 0.349 e. The molecule has 0 unspecified atom stereocenters. The molecule has 0 radical (unpaired) electrons. The monoisotopic (exact) mass is 498 g/mol. The first kappa shape index (κ1) is 25.7. The number of nitrogens with zero attached hydrogens (tertiary/aromatic N) is 2. The molecule has 0 aromatic heterocycles. The van der Waals surface area contributed by atoms with E-state index in [4.69, 9.17) is 5.26 Å². The summed E-state index contributed by atoms with van der Waals surface area (Å²) in [6.07, 6.45) is 0.306. The van der Waals surface area contributed by atoms with Crippen LogP contribution in [-0.4, -0.2) is 48.4 Å². The number of amides is 2. The van der Waals surface area contributed by atoms with Crippen LogP contribution in [0.5, 0.6) is 0 Å². The van der Waals surface area contributed by atoms with E-state index in [1.807, 2.05) is 12.1 Å². The van der Waals surface area contributed by atoms with Crippen LogP contribution in [0.25, 0.3) is 0 Å². The van der Waals surface area contributed by atoms with Crippen molar-refractivity contribution in [3.63, 3.8) is 0 Å². The van der Waals surface area contributed by atoms with Gasteiger partial charge in [-0.1, -0.05) is 30.3 Å². The predicted molar refractivity (Wildman–Crippen MR) is 128 cm³/mol. The van der Waals surface area contributed by atoms with E-state index in [1.165, 1.54) is 17.7 Å². The topological polar surface area (TPSA) is 85.2 Å². The molecule has 2 aliphatic rings. The van der Waals surface area contributed by atoms with Crippen molar-refractivity contribution >= 4 is 11.8 Å². The molecule has 1 aliphatic carbocycles. The van der Waals surface area contributed by atoms with Gasteiger partial charge in [0.1, 0.15) is 0 Å². The second-order valence-electron chi connectivity index (χ2n) is 9.56. The summed E-state index contributed by atoms with van der Waals surface area (Å²) < 4.78 is 38.5. The van der Waals surface area contributed by atoms with Crippen molar-refractivity contribution in [2.75, 3.05) is 19.6 Å². The number of hydrogen-bond acceptors (Lipinski definition) is 4. The molecule has 2 aromatic rings. The van der Waals surface area contributed by atoms with Crippen molar-refractivity contribution in [3.05, 3.63) is 70.8 Å². The second kappa shape index (κ2) is 11.1. The maximum absolute atomic E-state index is 12.8. The second-order valence-corrected chi connectivity index (χ2v) is 9.56. The number of nitrogens with one attached hydrogen (secondary N) is 2. The molecule has 1 aliphatic heterocycles. The number of likely N-dealkylation sites (tertiary alicyclic amines) is 1. The molecule has 6 nitrogen and oxygen atoms in total. The van der Waals surface area contributed by atoms with Gasteiger partial charge in [-0.25, -0.2) is 0 Å². The maximum atomic E-state index is 12.8. The van der Waals surface area contributed by atoms with Gasteiger partial charge in [-0.15, -0.1) is 0 Å². The fourth-order valence-electron chi connectivity index (χ4n) is 5.05. The molecule has 0 spiro atoms. The van der Waals surface area contributed by atoms with Crippen molar-refractivity contribution in [2.24, 2.45) is 0 Å². The van der Waals surface area contributed by atoms with Crippen LogP contribution in [0.15, 0.2) is 48.5 Å². The normalized spacial score (nSPS) is 20.7. The molecule has 1 saturated heterocycles. The largest absolute Gasteiger partial charge is 0.416 e. The van der Waals surface area contributed by atoms with Crippen LogP contribution in [0, 0.1) is 11.3 Å². The third kappa shape index (κ3) is 6.43. The lowest BCUT2D eigenvalue weighted by atomic mass is 9.80. The molecular weight excluding hydrogens is 469 g/mol. The van der Waals surface area contributed by atoms with E-state index < -0.39 is 17.6 Å². The van der Waals surface area contributed by atoms with Gasteiger partial charge >= 0.3 is 6.18 Å². The van der Waals surface area contributed by atoms with E-state index in [-0.39, 0.29) is 24.1 Å². The summed E-state index contributed by atoms with van der Waals surface area (Å²) in [5, 5.41) is 14.1. The zero-order chi connectivity index (χ0) is 25.7. The van der Waals surface area contributed by atoms with E-state index in [9.17, 15) is 22.8 Å². The SMILES string of the molecule is N#CCc1ccc([C@H]2CC[C@@H](N3CC(NC(=O)CNC(=O)c4cccc(C(F)(F)F)c4)C3)CC2)cc1. The average molecular weight is 499 g/mol. The predicted octanol–water partition coefficient (Wildman–Crippen LogP) is 4.03. The van der Waals surface area contributed by atoms with Crippen LogP contribution in [0.1, 0.15) is 58.6 Å². The van der Waals surface area contributed by atoms with E-state index in [0.717, 1.165) is 56.5 Å². The first-order valence-electron chi connectivity index (χ1n) is 12.2. The molecule has 36 heavy (non-hydrogen) atoms. The summed E-state index contributed by atoms with van der Waals surface area (Å²) in [6, 6.07) is 15.1. The fourth-order valence-corrected chi connectivity index (χ4v) is 5.05. The molecule has 0 atom stereocenters. The lowest BCUT2D eigenvalue weighted by molar-refractivity contribution is -0.137. The lowest BCUT2D eigenvalue weighted by Crippen LogP contribution is -2.63. The van der Waals surface area contributed by atoms with E-state index in [0.29, 0.717) is 18.4 Å². The molecule has 2 aromatic carbocycles. The lowest BCUT2D eigenvalue weighted by Gasteiger charge is -2.46. The Kier molecular flexibility index (Phi) is 7.94. The number of alkyl halides is 3. The summed E-state index contributed by atoms with van der Waals surface area (Å²) in [4.78, 5) is 26.7. The molecule has 2 N–H and O–H groups in total. The minimum atomic E-state index is -4.53. The van der Waals surface area contributed by atoms with Crippen molar-refractivity contribution < 1.29 is 22.8 Å². The van der Waals surface area contributed by atoms with Crippen molar-refractivity contribution in [3.8, 4) is 6.07 Å². The third-order valence-corrected chi connectivity index (χ3v) is 7.08. The number of nitriles is 1. The van der Waals surface area contributed by atoms with Crippen LogP contribution in [0.2, 0.25) is 0 Å². The molecule has 9 heteroatoms. The van der Waals surface area contributed by atoms with Crippen LogP contribution in [0.3, 0.4) is 0 Å². The standard InChI is InChI=1S/C27H29F3N4O2/c28-27(29,30)22-3-1-2-21(14-22)26(36)32-15-25(35)33-23-16-34(17-23)24-10-8-20(9-11-24)19-6-4-18(5-7-19)12-13-31/h1-7,14,20,23-24H,8-12,15-17H2,(H,32,36)(H,33,35)/t20-,24+. The first-order valence-corrected chi connectivity index (χ1v) is 12.2. The van der Waals surface area contributed by atoms with Crippen LogP contribution in [0.4, 0.5) is 13.2 Å². The van der Waals surface area contributed by atoms with Crippen LogP contribution in [-0.2, 0) is 17.4 Å². The maximum Gasteiger partial charge on any atom is 0.416 e. The van der Waals surface area contributed by atoms with Crippen molar-refractivity contribution in [1.29, 1.82) is 5.26 Å². The molecule has 1 saturated carbocycles. The van der Waals surface area contributed by atoms with Gasteiger partial charge < -0.3 is 10.6 Å². The zero-order valence-corrected chi connectivity index (χ0v) is 19.9. The number of carbonyl (C=O) groups excluding carboxylic acids is 2. The van der Waals surface area contributed by atoms with E-state index >= 15 is 0 Å². The summed E-state index contributed by atoms with van der Waals surface area (Å²) in [6.45, 7) is 1.22. The average Bonchev–Trinajstić information content (AvgIpc) is 2.85. The third-order valence-electron chi connectivity index (χ3n) is 7.08. The molecule has 0 bridgehead atoms. The molecule has 1 heterocycles. The Hall–Kier alpha value is -3.38. The minimum absolute atomic E-state index is 0.00774. The Bertz CT molecular complexity index is 1110. The number of rotatable bonds is 7. The van der Waals surface area contributed by atoms with Gasteiger partial charge in [0, 0.05) is 24.7 Å². The molecule has 190 valence electrons. The van der Waals surface area contributed by atoms with Gasteiger partial charge in [0.05, 0.1) is 30.6 Å². The van der Waals surface area contributed by atoms with Gasteiger partial charge in [0.2, 0.25) is 5.91 Å². The first-order chi connectivity index (χ1) is 17.2. The summed E-state index contributed by atoms with van der Waals surface area (Å²) >= 11 is 0. The number of benzene rings is 2. The minimum Gasteiger partial charge on any atom is -0.349 e. The highest BCUT2D eigenvalue weighted by Crippen LogP contribution is 2.36. The van der Waals surface area contributed by atoms with Gasteiger partial charge in [-0.3, -0.25) is 14.5 Å². The molecule has 4 rings (SSSR count). The highest BCUT2D eigenvalue weighted by Gasteiger charge is 2.35. The number of carbonyl (C=O) groups is 2. The molecule has 2 fully saturated rings. The number of hydrogen-bond donors (Lipinski definition) is 2. The van der Waals surface area contributed by atoms with Gasteiger partial charge in [-0.2, -0.15) is 18.4 Å². The Balaban J connectivity index is 1.15. The Labute approximate surface area is 208 Å². The molecule has 2 amide bonds. The Morgan fingerprint density at radius 3 is 2.36 bits per heavy atom. The van der Waals surface area contributed by atoms with Gasteiger partial charge in [-0.05, 0) is 60.9 Å².